The van der Waals surface area contributed by atoms with Crippen molar-refractivity contribution in [2.75, 3.05) is 13.1 Å². The average molecular weight is 304 g/mol. The van der Waals surface area contributed by atoms with Crippen molar-refractivity contribution in [1.29, 1.82) is 0 Å². The first-order chi connectivity index (χ1) is 9.27. The molecule has 9 nitrogen and oxygen atoms in total. The van der Waals surface area contributed by atoms with Gasteiger partial charge in [-0.1, -0.05) is 0 Å². The minimum atomic E-state index is -3.83. The minimum absolute atomic E-state index is 0.0365. The second kappa shape index (κ2) is 6.39. The minimum Gasteiger partial charge on any atom is -0.477 e. The van der Waals surface area contributed by atoms with E-state index in [1.54, 1.807) is 6.92 Å². The molecule has 0 bridgehead atoms. The number of carboxylic acids is 1. The predicted octanol–water partition coefficient (Wildman–Crippen LogP) is -0.847. The maximum absolute atomic E-state index is 11.9. The summed E-state index contributed by atoms with van der Waals surface area (Å²) in [5.41, 5.74) is 4.72. The molecule has 20 heavy (non-hydrogen) atoms. The van der Waals surface area contributed by atoms with Crippen molar-refractivity contribution in [2.24, 2.45) is 5.73 Å². The second-order valence-corrected chi connectivity index (χ2v) is 5.61. The van der Waals surface area contributed by atoms with E-state index in [4.69, 9.17) is 10.8 Å². The van der Waals surface area contributed by atoms with E-state index < -0.39 is 22.0 Å². The molecule has 0 radical (unpaired) electrons. The van der Waals surface area contributed by atoms with Gasteiger partial charge in [0.1, 0.15) is 10.6 Å². The number of carbonyl (C=O) groups is 2. The fraction of sp³-hybridized carbons (Fsp3) is 0.400. The summed E-state index contributed by atoms with van der Waals surface area (Å²) in [6, 6.07) is 0.324. The third-order valence-corrected chi connectivity index (χ3v) is 3.89. The molecule has 0 unspecified atom stereocenters. The zero-order valence-electron chi connectivity index (χ0n) is 10.8. The molecule has 0 saturated heterocycles. The lowest BCUT2D eigenvalue weighted by Gasteiger charge is -2.05. The molecule has 1 aromatic heterocycles. The Labute approximate surface area is 115 Å². The van der Waals surface area contributed by atoms with E-state index in [1.807, 2.05) is 0 Å². The molecule has 0 atom stereocenters. The topological polar surface area (TPSA) is 144 Å². The highest BCUT2D eigenvalue weighted by atomic mass is 32.2. The van der Waals surface area contributed by atoms with Crippen molar-refractivity contribution in [1.82, 2.24) is 14.6 Å². The lowest BCUT2D eigenvalue weighted by molar-refractivity contribution is 0.0685. The van der Waals surface area contributed by atoms with Crippen LogP contribution in [0.5, 0.6) is 0 Å². The Bertz CT molecular complexity index is 607. The van der Waals surface area contributed by atoms with Crippen LogP contribution in [0.4, 0.5) is 4.79 Å². The second-order valence-electron chi connectivity index (χ2n) is 3.84. The summed E-state index contributed by atoms with van der Waals surface area (Å²) < 4.78 is 27.4. The fourth-order valence-corrected chi connectivity index (χ4v) is 2.60. The smallest absolute Gasteiger partial charge is 0.352 e. The van der Waals surface area contributed by atoms with Crippen LogP contribution in [0.2, 0.25) is 0 Å². The van der Waals surface area contributed by atoms with Crippen molar-refractivity contribution in [3.05, 3.63) is 18.0 Å². The summed E-state index contributed by atoms with van der Waals surface area (Å²) in [4.78, 5) is 21.2. The van der Waals surface area contributed by atoms with Crippen LogP contribution in [0.3, 0.4) is 0 Å². The molecule has 2 amide bonds. The quantitative estimate of drug-likeness (QED) is 0.485. The Morgan fingerprint density at radius 1 is 1.40 bits per heavy atom. The van der Waals surface area contributed by atoms with E-state index in [0.717, 1.165) is 6.07 Å². The van der Waals surface area contributed by atoms with E-state index in [1.165, 1.54) is 10.8 Å². The molecule has 10 heteroatoms. The van der Waals surface area contributed by atoms with Gasteiger partial charge in [-0.15, -0.1) is 0 Å². The van der Waals surface area contributed by atoms with Gasteiger partial charge < -0.3 is 20.7 Å². The number of urea groups is 1. The molecule has 0 aliphatic carbocycles. The summed E-state index contributed by atoms with van der Waals surface area (Å²) in [7, 11) is -3.83. The molecule has 1 aromatic rings. The molecule has 0 aliphatic heterocycles. The summed E-state index contributed by atoms with van der Waals surface area (Å²) in [6.07, 6.45) is 1.24. The Morgan fingerprint density at radius 2 is 2.05 bits per heavy atom. The molecule has 0 saturated carbocycles. The van der Waals surface area contributed by atoms with E-state index in [2.05, 4.69) is 10.0 Å². The number of carbonyl (C=O) groups excluding carboxylic acids is 1. The molecule has 112 valence electrons. The van der Waals surface area contributed by atoms with E-state index in [-0.39, 0.29) is 23.7 Å². The fourth-order valence-electron chi connectivity index (χ4n) is 1.53. The number of aromatic carboxylic acids is 1. The predicted molar refractivity (Wildman–Crippen MR) is 69.8 cm³/mol. The highest BCUT2D eigenvalue weighted by molar-refractivity contribution is 7.89. The number of nitrogens with one attached hydrogen (secondary N) is 2. The lowest BCUT2D eigenvalue weighted by Crippen LogP contribution is -2.37. The maximum atomic E-state index is 11.9. The summed E-state index contributed by atoms with van der Waals surface area (Å²) in [5.74, 6) is -1.20. The number of rotatable bonds is 7. The summed E-state index contributed by atoms with van der Waals surface area (Å²) in [6.45, 7) is 2.02. The van der Waals surface area contributed by atoms with Gasteiger partial charge in [-0.3, -0.25) is 0 Å². The number of carboxylic acid groups (broad SMARTS) is 1. The van der Waals surface area contributed by atoms with Crippen LogP contribution < -0.4 is 15.8 Å². The van der Waals surface area contributed by atoms with E-state index >= 15 is 0 Å². The maximum Gasteiger partial charge on any atom is 0.352 e. The zero-order chi connectivity index (χ0) is 15.3. The molecule has 0 spiro atoms. The summed E-state index contributed by atoms with van der Waals surface area (Å²) in [5, 5.41) is 11.2. The van der Waals surface area contributed by atoms with Gasteiger partial charge in [0, 0.05) is 25.8 Å². The molecule has 0 aromatic carbocycles. The monoisotopic (exact) mass is 304 g/mol. The molecule has 0 fully saturated rings. The van der Waals surface area contributed by atoms with Gasteiger partial charge in [-0.2, -0.15) is 0 Å². The Balaban J connectivity index is 2.82. The van der Waals surface area contributed by atoms with Crippen molar-refractivity contribution < 1.29 is 23.1 Å². The van der Waals surface area contributed by atoms with Gasteiger partial charge in [0.15, 0.2) is 0 Å². The third-order valence-electron chi connectivity index (χ3n) is 2.46. The third kappa shape index (κ3) is 3.96. The standard InChI is InChI=1S/C10H16N4O5S/c1-2-14-6-7(5-8(14)9(15)16)20(18,19)13-4-3-12-10(11)17/h5-6,13H,2-4H2,1H3,(H,15,16)(H3,11,12,17). The average Bonchev–Trinajstić information content (AvgIpc) is 2.79. The van der Waals surface area contributed by atoms with Gasteiger partial charge >= 0.3 is 12.0 Å². The number of aryl methyl sites for hydroxylation is 1. The molecule has 0 aliphatic rings. The van der Waals surface area contributed by atoms with E-state index in [0.29, 0.717) is 6.54 Å². The largest absolute Gasteiger partial charge is 0.477 e. The van der Waals surface area contributed by atoms with Crippen molar-refractivity contribution >= 4 is 22.0 Å². The van der Waals surface area contributed by atoms with Crippen LogP contribution in [0.1, 0.15) is 17.4 Å². The van der Waals surface area contributed by atoms with E-state index in [9.17, 15) is 18.0 Å². The molecule has 5 N–H and O–H groups in total. The highest BCUT2D eigenvalue weighted by Gasteiger charge is 2.20. The number of amides is 2. The van der Waals surface area contributed by atoms with Crippen LogP contribution in [-0.4, -0.2) is 43.2 Å². The van der Waals surface area contributed by atoms with Gasteiger partial charge in [0.25, 0.3) is 0 Å². The Kier molecular flexibility index (Phi) is 5.11. The first-order valence-corrected chi connectivity index (χ1v) is 7.22. The Morgan fingerprint density at radius 3 is 2.50 bits per heavy atom. The van der Waals surface area contributed by atoms with Crippen molar-refractivity contribution in [3.8, 4) is 0 Å². The molecular weight excluding hydrogens is 288 g/mol. The van der Waals surface area contributed by atoms with Gasteiger partial charge in [-0.25, -0.2) is 22.7 Å². The van der Waals surface area contributed by atoms with Crippen LogP contribution >= 0.6 is 0 Å². The molecular formula is C10H16N4O5S. The lowest BCUT2D eigenvalue weighted by atomic mass is 10.4. The number of nitrogens with two attached hydrogens (primary N) is 1. The number of aromatic nitrogens is 1. The summed E-state index contributed by atoms with van der Waals surface area (Å²) >= 11 is 0. The van der Waals surface area contributed by atoms with Crippen LogP contribution in [-0.2, 0) is 16.6 Å². The van der Waals surface area contributed by atoms with Crippen LogP contribution in [0, 0.1) is 0 Å². The van der Waals surface area contributed by atoms with Gasteiger partial charge in [0.2, 0.25) is 10.0 Å². The first kappa shape index (κ1) is 16.0. The van der Waals surface area contributed by atoms with Crippen molar-refractivity contribution in [2.45, 2.75) is 18.4 Å². The van der Waals surface area contributed by atoms with Crippen molar-refractivity contribution in [3.63, 3.8) is 0 Å². The number of sulfonamides is 1. The normalized spacial score (nSPS) is 11.2. The number of primary amides is 1. The molecule has 1 heterocycles. The Hall–Kier alpha value is -2.07. The van der Waals surface area contributed by atoms with Gasteiger partial charge in [0.05, 0.1) is 0 Å². The first-order valence-electron chi connectivity index (χ1n) is 5.74. The van der Waals surface area contributed by atoms with Crippen LogP contribution in [0.25, 0.3) is 0 Å². The number of hydrogen-bond donors (Lipinski definition) is 4. The highest BCUT2D eigenvalue weighted by Crippen LogP contribution is 2.14. The van der Waals surface area contributed by atoms with Crippen LogP contribution in [0.15, 0.2) is 17.2 Å². The number of hydrogen-bond acceptors (Lipinski definition) is 4. The van der Waals surface area contributed by atoms with Gasteiger partial charge in [-0.05, 0) is 13.0 Å². The SMILES string of the molecule is CCn1cc(S(=O)(=O)NCCNC(N)=O)cc1C(=O)O. The number of nitrogens with zero attached hydrogens (tertiary/aromatic N) is 1. The zero-order valence-corrected chi connectivity index (χ0v) is 11.6. The molecule has 1 rings (SSSR count).